The molecule has 0 aliphatic heterocycles. The molecule has 0 aliphatic rings. The van der Waals surface area contributed by atoms with Crippen LogP contribution in [-0.4, -0.2) is 41.0 Å². The first kappa shape index (κ1) is 21.6. The minimum absolute atomic E-state index is 0.0114. The number of benzene rings is 1. The van der Waals surface area contributed by atoms with Gasteiger partial charge in [-0.1, -0.05) is 19.1 Å². The van der Waals surface area contributed by atoms with Gasteiger partial charge in [0.25, 0.3) is 11.6 Å². The maximum absolute atomic E-state index is 12.5. The first-order valence-corrected chi connectivity index (χ1v) is 8.76. The molecular weight excluding hydrogens is 382 g/mol. The van der Waals surface area contributed by atoms with Crippen molar-refractivity contribution >= 4 is 29.2 Å². The molecule has 0 saturated carbocycles. The molecule has 154 valence electrons. The fourth-order valence-electron chi connectivity index (χ4n) is 2.75. The van der Waals surface area contributed by atoms with Gasteiger partial charge in [-0.05, 0) is 31.9 Å². The number of hydrogen-bond acceptors (Lipinski definition) is 7. The Balaban J connectivity index is 2.17. The molecular formula is C19H21N3O7. The number of nitrogens with zero attached hydrogens (tertiary/aromatic N) is 1. The third-order valence-electron chi connectivity index (χ3n) is 4.29. The molecule has 0 fully saturated rings. The number of hydrogen-bond donors (Lipinski definition) is 2. The van der Waals surface area contributed by atoms with E-state index in [0.717, 1.165) is 0 Å². The molecule has 1 amide bonds. The van der Waals surface area contributed by atoms with Gasteiger partial charge in [0.1, 0.15) is 11.4 Å². The maximum Gasteiger partial charge on any atom is 0.355 e. The topological polar surface area (TPSA) is 141 Å². The molecule has 0 bridgehead atoms. The fraction of sp³-hybridized carbons (Fsp3) is 0.316. The van der Waals surface area contributed by atoms with Gasteiger partial charge < -0.3 is 19.8 Å². The summed E-state index contributed by atoms with van der Waals surface area (Å²) in [5, 5.41) is 13.4. The minimum Gasteiger partial charge on any atom is -0.465 e. The van der Waals surface area contributed by atoms with E-state index in [1.165, 1.54) is 38.3 Å². The van der Waals surface area contributed by atoms with Gasteiger partial charge in [-0.15, -0.1) is 0 Å². The standard InChI is InChI=1S/C19H21N3O7/c1-5-12-15(18(24)28-4)10(2)16(20-12)19(25)29-11(3)17(23)21-13-8-6-7-9-14(13)22(26)27/h6-9,11,20H,5H2,1-4H3,(H,21,23). The van der Waals surface area contributed by atoms with E-state index >= 15 is 0 Å². The van der Waals surface area contributed by atoms with Crippen molar-refractivity contribution in [3.05, 3.63) is 56.9 Å². The van der Waals surface area contributed by atoms with Gasteiger partial charge >= 0.3 is 11.9 Å². The number of nitro benzene ring substituents is 1. The Morgan fingerprint density at radius 2 is 1.90 bits per heavy atom. The van der Waals surface area contributed by atoms with Crippen LogP contribution >= 0.6 is 0 Å². The average Bonchev–Trinajstić information content (AvgIpc) is 3.03. The Morgan fingerprint density at radius 3 is 2.48 bits per heavy atom. The number of para-hydroxylation sites is 2. The normalized spacial score (nSPS) is 11.4. The molecule has 0 radical (unpaired) electrons. The molecule has 0 aliphatic carbocycles. The number of amides is 1. The van der Waals surface area contributed by atoms with Gasteiger partial charge in [0, 0.05) is 11.8 Å². The Labute approximate surface area is 166 Å². The van der Waals surface area contributed by atoms with Crippen LogP contribution in [0.2, 0.25) is 0 Å². The molecule has 10 heteroatoms. The molecule has 1 heterocycles. The number of rotatable bonds is 7. The number of aromatic nitrogens is 1. The summed E-state index contributed by atoms with van der Waals surface area (Å²) in [6, 6.07) is 5.61. The van der Waals surface area contributed by atoms with Gasteiger partial charge in [0.2, 0.25) is 0 Å². The molecule has 2 aromatic rings. The molecule has 29 heavy (non-hydrogen) atoms. The van der Waals surface area contributed by atoms with E-state index in [1.54, 1.807) is 13.8 Å². The number of methoxy groups -OCH3 is 1. The van der Waals surface area contributed by atoms with Gasteiger partial charge in [0.15, 0.2) is 6.10 Å². The Kier molecular flexibility index (Phi) is 6.71. The summed E-state index contributed by atoms with van der Waals surface area (Å²) in [6.07, 6.45) is -0.789. The summed E-state index contributed by atoms with van der Waals surface area (Å²) in [7, 11) is 1.24. The van der Waals surface area contributed by atoms with Crippen molar-refractivity contribution in [2.45, 2.75) is 33.3 Å². The second-order valence-corrected chi connectivity index (χ2v) is 6.13. The first-order valence-electron chi connectivity index (χ1n) is 8.76. The fourth-order valence-corrected chi connectivity index (χ4v) is 2.75. The highest BCUT2D eigenvalue weighted by Crippen LogP contribution is 2.24. The zero-order valence-electron chi connectivity index (χ0n) is 16.4. The molecule has 1 aromatic heterocycles. The van der Waals surface area contributed by atoms with Crippen LogP contribution in [0.25, 0.3) is 0 Å². The van der Waals surface area contributed by atoms with Crippen LogP contribution in [0.5, 0.6) is 0 Å². The Bertz CT molecular complexity index is 965. The summed E-state index contributed by atoms with van der Waals surface area (Å²) in [5.74, 6) is -2.16. The van der Waals surface area contributed by atoms with Crippen molar-refractivity contribution < 1.29 is 28.8 Å². The lowest BCUT2D eigenvalue weighted by Crippen LogP contribution is -2.30. The summed E-state index contributed by atoms with van der Waals surface area (Å²) < 4.78 is 9.91. The molecule has 1 aromatic carbocycles. The number of carbonyl (C=O) groups is 3. The first-order chi connectivity index (χ1) is 13.7. The molecule has 0 saturated heterocycles. The van der Waals surface area contributed by atoms with Crippen LogP contribution in [-0.2, 0) is 20.7 Å². The van der Waals surface area contributed by atoms with E-state index in [-0.39, 0.29) is 22.6 Å². The highest BCUT2D eigenvalue weighted by Gasteiger charge is 2.27. The van der Waals surface area contributed by atoms with E-state index in [0.29, 0.717) is 17.7 Å². The maximum atomic E-state index is 12.5. The lowest BCUT2D eigenvalue weighted by Gasteiger charge is -2.13. The van der Waals surface area contributed by atoms with Crippen molar-refractivity contribution in [3.63, 3.8) is 0 Å². The quantitative estimate of drug-likeness (QED) is 0.411. The highest BCUT2D eigenvalue weighted by atomic mass is 16.6. The zero-order chi connectivity index (χ0) is 21.7. The summed E-state index contributed by atoms with van der Waals surface area (Å²) >= 11 is 0. The van der Waals surface area contributed by atoms with Crippen molar-refractivity contribution in [1.82, 2.24) is 4.98 Å². The number of nitrogens with one attached hydrogen (secondary N) is 2. The number of carbonyl (C=O) groups excluding carboxylic acids is 3. The van der Waals surface area contributed by atoms with E-state index in [2.05, 4.69) is 10.3 Å². The highest BCUT2D eigenvalue weighted by molar-refractivity contribution is 6.01. The van der Waals surface area contributed by atoms with E-state index in [4.69, 9.17) is 9.47 Å². The zero-order valence-corrected chi connectivity index (χ0v) is 16.4. The lowest BCUT2D eigenvalue weighted by molar-refractivity contribution is -0.383. The van der Waals surface area contributed by atoms with Crippen molar-refractivity contribution in [2.24, 2.45) is 0 Å². The van der Waals surface area contributed by atoms with Gasteiger partial charge in [0.05, 0.1) is 17.6 Å². The SMILES string of the molecule is CCc1[nH]c(C(=O)OC(C)C(=O)Nc2ccccc2[N+](=O)[O-])c(C)c1C(=O)OC. The van der Waals surface area contributed by atoms with Crippen molar-refractivity contribution in [3.8, 4) is 0 Å². The summed E-state index contributed by atoms with van der Waals surface area (Å²) in [4.78, 5) is 50.0. The van der Waals surface area contributed by atoms with Crippen LogP contribution in [0.3, 0.4) is 0 Å². The number of esters is 2. The van der Waals surface area contributed by atoms with Crippen LogP contribution in [0.15, 0.2) is 24.3 Å². The van der Waals surface area contributed by atoms with Crippen LogP contribution in [0.1, 0.15) is 46.0 Å². The second kappa shape index (κ2) is 9.00. The molecule has 10 nitrogen and oxygen atoms in total. The Morgan fingerprint density at radius 1 is 1.24 bits per heavy atom. The molecule has 1 unspecified atom stereocenters. The van der Waals surface area contributed by atoms with Gasteiger partial charge in [-0.25, -0.2) is 9.59 Å². The number of nitro groups is 1. The second-order valence-electron chi connectivity index (χ2n) is 6.13. The van der Waals surface area contributed by atoms with Crippen LogP contribution < -0.4 is 5.32 Å². The van der Waals surface area contributed by atoms with Crippen LogP contribution in [0, 0.1) is 17.0 Å². The number of aromatic amines is 1. The number of aryl methyl sites for hydroxylation is 1. The number of ether oxygens (including phenoxy) is 2. The average molecular weight is 403 g/mol. The predicted octanol–water partition coefficient (Wildman–Crippen LogP) is 2.76. The van der Waals surface area contributed by atoms with E-state index < -0.39 is 28.9 Å². The Hall–Kier alpha value is -3.69. The largest absolute Gasteiger partial charge is 0.465 e. The smallest absolute Gasteiger partial charge is 0.355 e. The molecule has 2 rings (SSSR count). The van der Waals surface area contributed by atoms with Crippen LogP contribution in [0.4, 0.5) is 11.4 Å². The third-order valence-corrected chi connectivity index (χ3v) is 4.29. The number of H-pyrrole nitrogens is 1. The van der Waals surface area contributed by atoms with Crippen molar-refractivity contribution in [2.75, 3.05) is 12.4 Å². The lowest BCUT2D eigenvalue weighted by atomic mass is 10.1. The van der Waals surface area contributed by atoms with Gasteiger partial charge in [-0.2, -0.15) is 0 Å². The number of anilines is 1. The molecule has 0 spiro atoms. The predicted molar refractivity (Wildman–Crippen MR) is 103 cm³/mol. The monoisotopic (exact) mass is 403 g/mol. The minimum atomic E-state index is -1.24. The van der Waals surface area contributed by atoms with Crippen molar-refractivity contribution in [1.29, 1.82) is 0 Å². The van der Waals surface area contributed by atoms with Gasteiger partial charge in [-0.3, -0.25) is 14.9 Å². The van der Waals surface area contributed by atoms with E-state index in [9.17, 15) is 24.5 Å². The third kappa shape index (κ3) is 4.60. The molecule has 1 atom stereocenters. The summed E-state index contributed by atoms with van der Waals surface area (Å²) in [6.45, 7) is 4.70. The summed E-state index contributed by atoms with van der Waals surface area (Å²) in [5.41, 5.74) is 0.854. The molecule has 2 N–H and O–H groups in total. The van der Waals surface area contributed by atoms with E-state index in [1.807, 2.05) is 0 Å².